The van der Waals surface area contributed by atoms with Crippen LogP contribution in [0.4, 0.5) is 0 Å². The first kappa shape index (κ1) is 17.9. The fourth-order valence-corrected chi connectivity index (χ4v) is 5.62. The molecule has 0 N–H and O–H groups in total. The molecule has 3 aliphatic heterocycles. The third-order valence-corrected chi connectivity index (χ3v) is 6.63. The fraction of sp³-hybridized carbons (Fsp3) is 0.435. The van der Waals surface area contributed by atoms with Gasteiger partial charge in [-0.05, 0) is 24.0 Å². The molecular weight excluding hydrogens is 354 g/mol. The molecule has 146 valence electrons. The Kier molecular flexibility index (Phi) is 4.27. The molecule has 28 heavy (non-hydrogen) atoms. The minimum absolute atomic E-state index is 0.165. The highest BCUT2D eigenvalue weighted by Gasteiger charge is 2.65. The molecule has 1 aromatic carbocycles. The fourth-order valence-electron chi connectivity index (χ4n) is 5.62. The number of nitrogens with zero attached hydrogens (tertiary/aromatic N) is 1. The van der Waals surface area contributed by atoms with Crippen molar-refractivity contribution in [2.75, 3.05) is 14.2 Å². The number of ether oxygens (including phenoxy) is 3. The lowest BCUT2D eigenvalue weighted by Crippen LogP contribution is -2.48. The van der Waals surface area contributed by atoms with Gasteiger partial charge in [-0.15, -0.1) is 0 Å². The van der Waals surface area contributed by atoms with E-state index in [0.29, 0.717) is 0 Å². The molecule has 1 aliphatic carbocycles. The minimum Gasteiger partial charge on any atom is -0.449 e. The number of carbonyl (C=O) groups excluding carboxylic acids is 1. The van der Waals surface area contributed by atoms with Crippen LogP contribution in [-0.4, -0.2) is 55.1 Å². The van der Waals surface area contributed by atoms with E-state index in [9.17, 15) is 4.79 Å². The van der Waals surface area contributed by atoms with Gasteiger partial charge in [-0.1, -0.05) is 48.6 Å². The molecule has 1 spiro atoms. The predicted molar refractivity (Wildman–Crippen MR) is 105 cm³/mol. The lowest BCUT2D eigenvalue weighted by atomic mass is 9.77. The Morgan fingerprint density at radius 2 is 1.96 bits per heavy atom. The number of benzene rings is 1. The van der Waals surface area contributed by atoms with Gasteiger partial charge in [0.05, 0.1) is 12.1 Å². The first-order chi connectivity index (χ1) is 13.7. The van der Waals surface area contributed by atoms with Gasteiger partial charge in [0.25, 0.3) is 0 Å². The normalized spacial score (nSPS) is 33.8. The van der Waals surface area contributed by atoms with Crippen molar-refractivity contribution in [3.8, 4) is 0 Å². The maximum Gasteiger partial charge on any atom is 0.332 e. The molecule has 1 aromatic rings. The Balaban J connectivity index is 1.53. The highest BCUT2D eigenvalue weighted by Crippen LogP contribution is 2.56. The number of methoxy groups -OCH3 is 2. The summed E-state index contributed by atoms with van der Waals surface area (Å²) in [7, 11) is 3.37. The van der Waals surface area contributed by atoms with Crippen LogP contribution in [0.15, 0.2) is 59.7 Å². The van der Waals surface area contributed by atoms with Crippen molar-refractivity contribution in [3.63, 3.8) is 0 Å². The Labute approximate surface area is 165 Å². The second-order valence-corrected chi connectivity index (χ2v) is 7.95. The van der Waals surface area contributed by atoms with Crippen LogP contribution in [0.25, 0.3) is 6.08 Å². The van der Waals surface area contributed by atoms with E-state index in [-0.39, 0.29) is 30.4 Å². The number of hydrogen-bond acceptors (Lipinski definition) is 5. The van der Waals surface area contributed by atoms with E-state index in [0.717, 1.165) is 36.0 Å². The van der Waals surface area contributed by atoms with Crippen molar-refractivity contribution in [3.05, 3.63) is 65.3 Å². The van der Waals surface area contributed by atoms with E-state index >= 15 is 0 Å². The molecule has 0 aromatic heterocycles. The summed E-state index contributed by atoms with van der Waals surface area (Å²) in [5, 5.41) is 0. The van der Waals surface area contributed by atoms with Crippen LogP contribution < -0.4 is 0 Å². The average Bonchev–Trinajstić information content (AvgIpc) is 3.36. The molecule has 2 bridgehead atoms. The first-order valence-electron chi connectivity index (χ1n) is 9.90. The van der Waals surface area contributed by atoms with Crippen molar-refractivity contribution in [2.45, 2.75) is 49.3 Å². The summed E-state index contributed by atoms with van der Waals surface area (Å²) in [6.45, 7) is 0. The van der Waals surface area contributed by atoms with Gasteiger partial charge >= 0.3 is 5.97 Å². The Hall–Kier alpha value is -2.21. The zero-order valence-electron chi connectivity index (χ0n) is 16.2. The zero-order valence-corrected chi connectivity index (χ0v) is 16.2. The maximum absolute atomic E-state index is 12.3. The van der Waals surface area contributed by atoms with E-state index in [1.807, 2.05) is 18.2 Å². The number of carbonyl (C=O) groups is 1. The van der Waals surface area contributed by atoms with Crippen LogP contribution >= 0.6 is 0 Å². The molecule has 2 saturated heterocycles. The van der Waals surface area contributed by atoms with Crippen molar-refractivity contribution in [2.24, 2.45) is 0 Å². The lowest BCUT2D eigenvalue weighted by Gasteiger charge is -2.34. The topological polar surface area (TPSA) is 48.0 Å². The summed E-state index contributed by atoms with van der Waals surface area (Å²) in [4.78, 5) is 14.8. The van der Waals surface area contributed by atoms with Crippen LogP contribution in [-0.2, 0) is 19.0 Å². The van der Waals surface area contributed by atoms with Crippen molar-refractivity contribution >= 4 is 12.0 Å². The van der Waals surface area contributed by atoms with Gasteiger partial charge in [0.15, 0.2) is 11.9 Å². The van der Waals surface area contributed by atoms with Crippen LogP contribution in [0, 0.1) is 0 Å². The Morgan fingerprint density at radius 3 is 2.71 bits per heavy atom. The number of esters is 1. The van der Waals surface area contributed by atoms with Crippen molar-refractivity contribution in [1.82, 2.24) is 4.90 Å². The second-order valence-electron chi connectivity index (χ2n) is 7.95. The molecule has 0 unspecified atom stereocenters. The van der Waals surface area contributed by atoms with Crippen LogP contribution in [0.3, 0.4) is 0 Å². The Morgan fingerprint density at radius 1 is 1.18 bits per heavy atom. The second kappa shape index (κ2) is 6.69. The quantitative estimate of drug-likeness (QED) is 0.581. The third kappa shape index (κ3) is 2.54. The molecule has 4 aliphatic rings. The van der Waals surface area contributed by atoms with E-state index < -0.39 is 5.60 Å². The summed E-state index contributed by atoms with van der Waals surface area (Å²) in [5.41, 5.74) is 2.72. The average molecular weight is 379 g/mol. The summed E-state index contributed by atoms with van der Waals surface area (Å²) in [6, 6.07) is 10.8. The van der Waals surface area contributed by atoms with Crippen molar-refractivity contribution < 1.29 is 19.0 Å². The van der Waals surface area contributed by atoms with Crippen molar-refractivity contribution in [1.29, 1.82) is 0 Å². The molecule has 5 nitrogen and oxygen atoms in total. The van der Waals surface area contributed by atoms with Crippen LogP contribution in [0.1, 0.15) is 24.8 Å². The van der Waals surface area contributed by atoms with Gasteiger partial charge in [0, 0.05) is 38.3 Å². The number of allylic oxidation sites excluding steroid dienone is 1. The Bertz CT molecular complexity index is 870. The number of fused-ring (bicyclic) bond motifs is 3. The molecular formula is C23H25NO4. The van der Waals surface area contributed by atoms with Gasteiger partial charge in [-0.25, -0.2) is 4.79 Å². The highest BCUT2D eigenvalue weighted by atomic mass is 16.7. The zero-order chi connectivity index (χ0) is 19.3. The predicted octanol–water partition coefficient (Wildman–Crippen LogP) is 3.09. The molecule has 5 rings (SSSR count). The largest absolute Gasteiger partial charge is 0.449 e. The van der Waals surface area contributed by atoms with Gasteiger partial charge in [-0.2, -0.15) is 0 Å². The minimum atomic E-state index is -0.534. The SMILES string of the molecule is COC(OC)[C@H]1CC[C@H]2N1[C@@H]1C=C(C=Cc3ccccc3)C3=CC(=O)O[C@@]32C1. The van der Waals surface area contributed by atoms with E-state index in [1.54, 1.807) is 20.3 Å². The summed E-state index contributed by atoms with van der Waals surface area (Å²) >= 11 is 0. The third-order valence-electron chi connectivity index (χ3n) is 6.63. The first-order valence-corrected chi connectivity index (χ1v) is 9.90. The number of rotatable bonds is 5. The highest BCUT2D eigenvalue weighted by molar-refractivity contribution is 5.90. The van der Waals surface area contributed by atoms with Crippen LogP contribution in [0.2, 0.25) is 0 Å². The van der Waals surface area contributed by atoms with Gasteiger partial charge in [0.1, 0.15) is 0 Å². The molecule has 0 saturated carbocycles. The summed E-state index contributed by atoms with van der Waals surface area (Å²) in [5.74, 6) is -0.227. The standard InChI is InChI=1S/C23H25NO4/c1-26-22(27-2)19-10-11-20-23-14-17(24(19)20)12-16(18(23)13-21(25)28-23)9-8-15-6-4-3-5-7-15/h3-9,12-13,17,19-20,22H,10-11,14H2,1-2H3/t17-,19-,20-,23+/m1/s1. The molecule has 5 heteroatoms. The molecule has 2 fully saturated rings. The van der Waals surface area contributed by atoms with E-state index in [1.165, 1.54) is 0 Å². The molecule has 4 atom stereocenters. The molecule has 0 amide bonds. The smallest absolute Gasteiger partial charge is 0.332 e. The van der Waals surface area contributed by atoms with E-state index in [2.05, 4.69) is 35.3 Å². The monoisotopic (exact) mass is 379 g/mol. The maximum atomic E-state index is 12.3. The molecule has 3 heterocycles. The molecule has 0 radical (unpaired) electrons. The van der Waals surface area contributed by atoms with Gasteiger partial charge < -0.3 is 14.2 Å². The van der Waals surface area contributed by atoms with Gasteiger partial charge in [0.2, 0.25) is 0 Å². The van der Waals surface area contributed by atoms with Crippen LogP contribution in [0.5, 0.6) is 0 Å². The summed E-state index contributed by atoms with van der Waals surface area (Å²) < 4.78 is 17.2. The summed E-state index contributed by atoms with van der Waals surface area (Å²) in [6.07, 6.45) is 10.7. The van der Waals surface area contributed by atoms with E-state index in [4.69, 9.17) is 14.2 Å². The van der Waals surface area contributed by atoms with Gasteiger partial charge in [-0.3, -0.25) is 4.90 Å². The lowest BCUT2D eigenvalue weighted by molar-refractivity contribution is -0.151. The number of hydrogen-bond donors (Lipinski definition) is 0.